The molecule has 0 spiro atoms. The first-order valence-corrected chi connectivity index (χ1v) is 8.43. The van der Waals surface area contributed by atoms with Crippen molar-refractivity contribution in [2.45, 2.75) is 26.3 Å². The molecule has 0 aliphatic heterocycles. The number of nitrogens with one attached hydrogen (secondary N) is 2. The Morgan fingerprint density at radius 2 is 1.96 bits per heavy atom. The molecule has 5 nitrogen and oxygen atoms in total. The van der Waals surface area contributed by atoms with E-state index in [1.165, 1.54) is 0 Å². The Morgan fingerprint density at radius 3 is 2.76 bits per heavy atom. The van der Waals surface area contributed by atoms with Crippen molar-refractivity contribution in [1.29, 1.82) is 0 Å². The maximum atomic E-state index is 12.0. The summed E-state index contributed by atoms with van der Waals surface area (Å²) in [6.45, 7) is 4.59. The van der Waals surface area contributed by atoms with Gasteiger partial charge < -0.3 is 10.6 Å². The van der Waals surface area contributed by atoms with Gasteiger partial charge in [0.05, 0.1) is 11.2 Å². The van der Waals surface area contributed by atoms with Gasteiger partial charge in [0.2, 0.25) is 5.91 Å². The molecular weight excluding hydrogens is 312 g/mol. The summed E-state index contributed by atoms with van der Waals surface area (Å²) >= 11 is 0. The molecule has 1 amide bonds. The van der Waals surface area contributed by atoms with Gasteiger partial charge >= 0.3 is 0 Å². The lowest BCUT2D eigenvalue weighted by atomic mass is 10.1. The topological polar surface area (TPSA) is 66.9 Å². The quantitative estimate of drug-likeness (QED) is 0.722. The summed E-state index contributed by atoms with van der Waals surface area (Å²) in [6.07, 6.45) is 2.12. The van der Waals surface area contributed by atoms with Crippen LogP contribution in [-0.2, 0) is 4.79 Å². The van der Waals surface area contributed by atoms with Crippen molar-refractivity contribution in [2.24, 2.45) is 0 Å². The van der Waals surface area contributed by atoms with Crippen LogP contribution in [0.1, 0.15) is 30.6 Å². The first-order chi connectivity index (χ1) is 12.1. The van der Waals surface area contributed by atoms with Gasteiger partial charge in [0.25, 0.3) is 0 Å². The van der Waals surface area contributed by atoms with E-state index < -0.39 is 0 Å². The number of aryl methyl sites for hydroxylation is 1. The van der Waals surface area contributed by atoms with Crippen molar-refractivity contribution in [3.63, 3.8) is 0 Å². The van der Waals surface area contributed by atoms with Crippen LogP contribution in [0.25, 0.3) is 10.9 Å². The highest BCUT2D eigenvalue weighted by molar-refractivity contribution is 5.89. The number of rotatable bonds is 6. The molecule has 2 N–H and O–H groups in total. The summed E-state index contributed by atoms with van der Waals surface area (Å²) in [5.74, 6) is 0.530. The van der Waals surface area contributed by atoms with E-state index in [-0.39, 0.29) is 11.9 Å². The van der Waals surface area contributed by atoms with Gasteiger partial charge in [0.1, 0.15) is 5.82 Å². The van der Waals surface area contributed by atoms with Crippen LogP contribution in [0.4, 0.5) is 5.82 Å². The maximum Gasteiger partial charge on any atom is 0.226 e. The second-order valence-corrected chi connectivity index (χ2v) is 6.12. The molecule has 1 atom stereocenters. The van der Waals surface area contributed by atoms with E-state index in [9.17, 15) is 4.79 Å². The Kier molecular flexibility index (Phi) is 5.36. The van der Waals surface area contributed by atoms with E-state index in [0.717, 1.165) is 22.2 Å². The number of pyridine rings is 2. The third kappa shape index (κ3) is 4.61. The molecule has 2 aromatic heterocycles. The van der Waals surface area contributed by atoms with Crippen molar-refractivity contribution in [3.05, 3.63) is 66.0 Å². The van der Waals surface area contributed by atoms with Crippen molar-refractivity contribution in [2.75, 3.05) is 11.9 Å². The average Bonchev–Trinajstić information content (AvgIpc) is 2.63. The van der Waals surface area contributed by atoms with Crippen LogP contribution in [0.15, 0.2) is 54.7 Å². The van der Waals surface area contributed by atoms with Crippen LogP contribution in [0.2, 0.25) is 0 Å². The normalized spacial score (nSPS) is 12.1. The number of para-hydroxylation sites is 1. The summed E-state index contributed by atoms with van der Waals surface area (Å²) < 4.78 is 0. The van der Waals surface area contributed by atoms with Gasteiger partial charge in [-0.05, 0) is 37.6 Å². The molecule has 0 aliphatic rings. The summed E-state index contributed by atoms with van der Waals surface area (Å²) in [4.78, 5) is 20.8. The number of carbonyl (C=O) groups excluding carboxylic acids is 1. The molecule has 0 radical (unpaired) electrons. The largest absolute Gasteiger partial charge is 0.311 e. The lowest BCUT2D eigenvalue weighted by molar-refractivity contribution is -0.116. The lowest BCUT2D eigenvalue weighted by Crippen LogP contribution is -2.25. The highest BCUT2D eigenvalue weighted by Gasteiger charge is 2.09. The monoisotopic (exact) mass is 334 g/mol. The first kappa shape index (κ1) is 17.0. The van der Waals surface area contributed by atoms with Crippen LogP contribution >= 0.6 is 0 Å². The predicted molar refractivity (Wildman–Crippen MR) is 100 cm³/mol. The van der Waals surface area contributed by atoms with Crippen molar-refractivity contribution >= 4 is 22.6 Å². The third-order valence-electron chi connectivity index (χ3n) is 4.05. The fourth-order valence-electron chi connectivity index (χ4n) is 2.58. The van der Waals surface area contributed by atoms with Gasteiger partial charge in [-0.3, -0.25) is 9.78 Å². The number of anilines is 1. The zero-order chi connectivity index (χ0) is 17.6. The number of hydrogen-bond donors (Lipinski definition) is 2. The van der Waals surface area contributed by atoms with Crippen molar-refractivity contribution in [1.82, 2.24) is 15.3 Å². The third-order valence-corrected chi connectivity index (χ3v) is 4.05. The van der Waals surface area contributed by atoms with Crippen molar-refractivity contribution in [3.8, 4) is 0 Å². The highest BCUT2D eigenvalue weighted by Crippen LogP contribution is 2.16. The molecule has 0 saturated heterocycles. The summed E-state index contributed by atoms with van der Waals surface area (Å²) in [5.41, 5.74) is 3.02. The standard InChI is InChI=1S/C20H22N4O/c1-14-7-10-19(22-13-14)24-20(25)11-12-21-15(2)17-9-8-16-5-3-4-6-18(16)23-17/h3-10,13,15,21H,11-12H2,1-2H3,(H,22,24,25)/t15-/m0/s1. The fourth-order valence-corrected chi connectivity index (χ4v) is 2.58. The van der Waals surface area contributed by atoms with E-state index in [4.69, 9.17) is 0 Å². The van der Waals surface area contributed by atoms with Gasteiger partial charge in [0.15, 0.2) is 0 Å². The molecule has 3 rings (SSSR count). The number of carbonyl (C=O) groups is 1. The number of aromatic nitrogens is 2. The summed E-state index contributed by atoms with van der Waals surface area (Å²) in [5, 5.41) is 7.27. The summed E-state index contributed by atoms with van der Waals surface area (Å²) in [6, 6.07) is 16.0. The number of hydrogen-bond acceptors (Lipinski definition) is 4. The average molecular weight is 334 g/mol. The van der Waals surface area contributed by atoms with E-state index in [0.29, 0.717) is 18.8 Å². The molecule has 25 heavy (non-hydrogen) atoms. The SMILES string of the molecule is Cc1ccc(NC(=O)CCN[C@@H](C)c2ccc3ccccc3n2)nc1. The predicted octanol–water partition coefficient (Wildman–Crippen LogP) is 3.62. The van der Waals surface area contributed by atoms with E-state index in [1.807, 2.05) is 49.4 Å². The zero-order valence-corrected chi connectivity index (χ0v) is 14.5. The molecule has 3 aromatic rings. The highest BCUT2D eigenvalue weighted by atomic mass is 16.1. The van der Waals surface area contributed by atoms with Crippen LogP contribution in [0.3, 0.4) is 0 Å². The van der Waals surface area contributed by atoms with Gasteiger partial charge in [-0.15, -0.1) is 0 Å². The molecule has 0 fully saturated rings. The Balaban J connectivity index is 1.50. The van der Waals surface area contributed by atoms with Crippen LogP contribution < -0.4 is 10.6 Å². The van der Waals surface area contributed by atoms with E-state index in [1.54, 1.807) is 6.20 Å². The van der Waals surface area contributed by atoms with E-state index >= 15 is 0 Å². The number of fused-ring (bicyclic) bond motifs is 1. The van der Waals surface area contributed by atoms with Crippen molar-refractivity contribution < 1.29 is 4.79 Å². The molecular formula is C20H22N4O. The Hall–Kier alpha value is -2.79. The lowest BCUT2D eigenvalue weighted by Gasteiger charge is -2.14. The molecule has 0 aliphatic carbocycles. The van der Waals surface area contributed by atoms with Crippen LogP contribution in [-0.4, -0.2) is 22.4 Å². The number of amides is 1. The number of nitrogens with zero attached hydrogens (tertiary/aromatic N) is 2. The zero-order valence-electron chi connectivity index (χ0n) is 14.5. The smallest absolute Gasteiger partial charge is 0.226 e. The Bertz CT molecular complexity index is 861. The molecule has 0 saturated carbocycles. The van der Waals surface area contributed by atoms with Gasteiger partial charge in [-0.1, -0.05) is 30.3 Å². The molecule has 1 aromatic carbocycles. The number of benzene rings is 1. The minimum Gasteiger partial charge on any atom is -0.311 e. The molecule has 2 heterocycles. The van der Waals surface area contributed by atoms with E-state index in [2.05, 4.69) is 33.6 Å². The molecule has 128 valence electrons. The van der Waals surface area contributed by atoms with Gasteiger partial charge in [-0.2, -0.15) is 0 Å². The minimum atomic E-state index is -0.0532. The molecule has 5 heteroatoms. The van der Waals surface area contributed by atoms with Gasteiger partial charge in [-0.25, -0.2) is 4.98 Å². The van der Waals surface area contributed by atoms with Gasteiger partial charge in [0, 0.05) is 30.6 Å². The van der Waals surface area contributed by atoms with Crippen LogP contribution in [0, 0.1) is 6.92 Å². The minimum absolute atomic E-state index is 0.0532. The maximum absolute atomic E-state index is 12.0. The molecule has 0 bridgehead atoms. The summed E-state index contributed by atoms with van der Waals surface area (Å²) in [7, 11) is 0. The Morgan fingerprint density at radius 1 is 1.12 bits per heavy atom. The Labute approximate surface area is 147 Å². The first-order valence-electron chi connectivity index (χ1n) is 8.43. The molecule has 0 unspecified atom stereocenters. The second kappa shape index (κ2) is 7.85. The second-order valence-electron chi connectivity index (χ2n) is 6.12. The fraction of sp³-hybridized carbons (Fsp3) is 0.250. The van der Waals surface area contributed by atoms with Crippen LogP contribution in [0.5, 0.6) is 0 Å².